The minimum atomic E-state index is -0.574. The molecule has 1 N–H and O–H groups in total. The van der Waals surface area contributed by atoms with Crippen LogP contribution in [0.4, 0.5) is 4.39 Å². The molecule has 1 rings (SSSR count). The molecule has 2 nitrogen and oxygen atoms in total. The zero-order chi connectivity index (χ0) is 10.0. The topological polar surface area (TPSA) is 32.6 Å². The molecule has 70 valence electrons. The minimum absolute atomic E-state index is 0.0334. The average molecular weight is 222 g/mol. The van der Waals surface area contributed by atoms with E-state index >= 15 is 0 Å². The molecule has 0 unspecified atom stereocenters. The summed E-state index contributed by atoms with van der Waals surface area (Å²) in [6.45, 7) is 1.52. The number of benzene rings is 1. The van der Waals surface area contributed by atoms with Crippen LogP contribution < -0.4 is 0 Å². The summed E-state index contributed by atoms with van der Waals surface area (Å²) < 4.78 is 13.3. The lowest BCUT2D eigenvalue weighted by Crippen LogP contribution is -1.98. The Hall–Kier alpha value is -0.800. The number of hydrogen-bond acceptors (Lipinski definition) is 2. The van der Waals surface area contributed by atoms with Crippen LogP contribution in [0.25, 0.3) is 0 Å². The fourth-order valence-corrected chi connectivity index (χ4v) is 1.17. The highest BCUT2D eigenvalue weighted by molar-refractivity contribution is 6.69. The summed E-state index contributed by atoms with van der Waals surface area (Å²) >= 11 is 11.1. The summed E-state index contributed by atoms with van der Waals surface area (Å²) in [7, 11) is 0. The second-order valence-corrected chi connectivity index (χ2v) is 3.19. The third kappa shape index (κ3) is 1.92. The lowest BCUT2D eigenvalue weighted by molar-refractivity contribution is 0.320. The molecule has 0 amide bonds. The fourth-order valence-electron chi connectivity index (χ4n) is 0.875. The predicted octanol–water partition coefficient (Wildman–Crippen LogP) is 3.16. The second kappa shape index (κ2) is 3.94. The van der Waals surface area contributed by atoms with Gasteiger partial charge in [-0.3, -0.25) is 0 Å². The highest BCUT2D eigenvalue weighted by atomic mass is 35.5. The predicted molar refractivity (Wildman–Crippen MR) is 50.3 cm³/mol. The molecule has 5 heteroatoms. The summed E-state index contributed by atoms with van der Waals surface area (Å²) in [5.41, 5.74) is 0.312. The second-order valence-electron chi connectivity index (χ2n) is 2.42. The van der Waals surface area contributed by atoms with Crippen molar-refractivity contribution in [2.24, 2.45) is 5.16 Å². The molecule has 0 saturated heterocycles. The van der Waals surface area contributed by atoms with Crippen molar-refractivity contribution in [2.75, 3.05) is 0 Å². The maximum atomic E-state index is 13.3. The van der Waals surface area contributed by atoms with Gasteiger partial charge in [0.25, 0.3) is 0 Å². The summed E-state index contributed by atoms with van der Waals surface area (Å²) in [5, 5.41) is 11.0. The Bertz CT molecular complexity index is 365. The van der Waals surface area contributed by atoms with Gasteiger partial charge in [-0.1, -0.05) is 28.4 Å². The van der Waals surface area contributed by atoms with Gasteiger partial charge in [0.1, 0.15) is 5.82 Å². The van der Waals surface area contributed by atoms with Crippen LogP contribution >= 0.6 is 23.2 Å². The maximum absolute atomic E-state index is 13.3. The van der Waals surface area contributed by atoms with Gasteiger partial charge in [0.15, 0.2) is 5.17 Å². The van der Waals surface area contributed by atoms with E-state index in [1.807, 2.05) is 0 Å². The average Bonchev–Trinajstić information content (AvgIpc) is 2.13. The molecule has 0 heterocycles. The van der Waals surface area contributed by atoms with Crippen LogP contribution in [0.1, 0.15) is 11.1 Å². The Labute approximate surface area is 84.6 Å². The van der Waals surface area contributed by atoms with Gasteiger partial charge in [0, 0.05) is 10.6 Å². The lowest BCUT2D eigenvalue weighted by Gasteiger charge is -2.03. The highest BCUT2D eigenvalue weighted by Crippen LogP contribution is 2.22. The van der Waals surface area contributed by atoms with Gasteiger partial charge in [-0.15, -0.1) is 0 Å². The Morgan fingerprint density at radius 3 is 2.69 bits per heavy atom. The third-order valence-electron chi connectivity index (χ3n) is 1.63. The first kappa shape index (κ1) is 10.3. The summed E-state index contributed by atoms with van der Waals surface area (Å²) in [6.07, 6.45) is 0. The van der Waals surface area contributed by atoms with Gasteiger partial charge >= 0.3 is 0 Å². The first-order valence-electron chi connectivity index (χ1n) is 3.40. The normalized spacial score (nSPS) is 11.8. The van der Waals surface area contributed by atoms with Crippen molar-refractivity contribution in [1.29, 1.82) is 0 Å². The number of rotatable bonds is 1. The van der Waals surface area contributed by atoms with Gasteiger partial charge in [0.2, 0.25) is 0 Å². The monoisotopic (exact) mass is 221 g/mol. The van der Waals surface area contributed by atoms with Gasteiger partial charge in [-0.25, -0.2) is 4.39 Å². The van der Waals surface area contributed by atoms with E-state index in [0.29, 0.717) is 5.02 Å². The molecule has 0 aromatic heterocycles. The van der Waals surface area contributed by atoms with Crippen LogP contribution in [0, 0.1) is 12.7 Å². The van der Waals surface area contributed by atoms with Crippen molar-refractivity contribution in [3.05, 3.63) is 34.1 Å². The number of halogens is 3. The van der Waals surface area contributed by atoms with Crippen molar-refractivity contribution < 1.29 is 9.60 Å². The number of oxime groups is 1. The van der Waals surface area contributed by atoms with E-state index in [2.05, 4.69) is 5.16 Å². The molecular weight excluding hydrogens is 216 g/mol. The summed E-state index contributed by atoms with van der Waals surface area (Å²) in [6, 6.07) is 2.84. The summed E-state index contributed by atoms with van der Waals surface area (Å²) in [4.78, 5) is 0. The molecule has 0 radical (unpaired) electrons. The standard InChI is InChI=1S/C8H6Cl2FNO/c1-4-6(9)3-2-5(7(4)11)8(10)12-13/h2-3,13H,1H3. The van der Waals surface area contributed by atoms with E-state index in [0.717, 1.165) is 0 Å². The van der Waals surface area contributed by atoms with E-state index < -0.39 is 5.82 Å². The molecule has 0 aliphatic rings. The molecule has 0 bridgehead atoms. The SMILES string of the molecule is Cc1c(Cl)ccc(C(Cl)=NO)c1F. The Morgan fingerprint density at radius 2 is 2.15 bits per heavy atom. The zero-order valence-electron chi connectivity index (χ0n) is 6.68. The molecule has 0 aliphatic heterocycles. The maximum Gasteiger partial charge on any atom is 0.178 e. The fraction of sp³-hybridized carbons (Fsp3) is 0.125. The minimum Gasteiger partial charge on any atom is -0.410 e. The van der Waals surface area contributed by atoms with Crippen molar-refractivity contribution in [1.82, 2.24) is 0 Å². The quantitative estimate of drug-likeness (QED) is 0.441. The van der Waals surface area contributed by atoms with Crippen LogP contribution in [-0.2, 0) is 0 Å². The molecule has 0 fully saturated rings. The van der Waals surface area contributed by atoms with Crippen LogP contribution in [0.3, 0.4) is 0 Å². The molecule has 0 atom stereocenters. The van der Waals surface area contributed by atoms with Crippen LogP contribution in [0.5, 0.6) is 0 Å². The third-order valence-corrected chi connectivity index (χ3v) is 2.32. The largest absolute Gasteiger partial charge is 0.410 e. The number of nitrogens with zero attached hydrogens (tertiary/aromatic N) is 1. The Balaban J connectivity index is 3.34. The Kier molecular flexibility index (Phi) is 3.12. The molecule has 0 aliphatic carbocycles. The molecular formula is C8H6Cl2FNO. The van der Waals surface area contributed by atoms with Crippen LogP contribution in [0.15, 0.2) is 17.3 Å². The number of hydrogen-bond donors (Lipinski definition) is 1. The first-order chi connectivity index (χ1) is 6.07. The highest BCUT2D eigenvalue weighted by Gasteiger charge is 2.12. The lowest BCUT2D eigenvalue weighted by atomic mass is 10.1. The van der Waals surface area contributed by atoms with Crippen LogP contribution in [-0.4, -0.2) is 10.4 Å². The van der Waals surface area contributed by atoms with Crippen molar-refractivity contribution in [3.8, 4) is 0 Å². The molecule has 0 spiro atoms. The Morgan fingerprint density at radius 1 is 1.54 bits per heavy atom. The van der Waals surface area contributed by atoms with Gasteiger partial charge in [-0.2, -0.15) is 0 Å². The van der Waals surface area contributed by atoms with E-state index in [1.165, 1.54) is 19.1 Å². The van der Waals surface area contributed by atoms with Crippen molar-refractivity contribution in [2.45, 2.75) is 6.92 Å². The van der Waals surface area contributed by atoms with Crippen molar-refractivity contribution in [3.63, 3.8) is 0 Å². The molecule has 1 aromatic carbocycles. The van der Waals surface area contributed by atoms with Crippen LogP contribution in [0.2, 0.25) is 5.02 Å². The van der Waals surface area contributed by atoms with E-state index in [4.69, 9.17) is 28.4 Å². The summed E-state index contributed by atoms with van der Waals surface area (Å²) in [5.74, 6) is -0.574. The van der Waals surface area contributed by atoms with E-state index in [9.17, 15) is 4.39 Å². The zero-order valence-corrected chi connectivity index (χ0v) is 8.19. The van der Waals surface area contributed by atoms with Gasteiger partial charge in [-0.05, 0) is 19.1 Å². The first-order valence-corrected chi connectivity index (χ1v) is 4.16. The molecule has 1 aromatic rings. The van der Waals surface area contributed by atoms with Gasteiger partial charge < -0.3 is 5.21 Å². The molecule has 13 heavy (non-hydrogen) atoms. The van der Waals surface area contributed by atoms with E-state index in [1.54, 1.807) is 0 Å². The van der Waals surface area contributed by atoms with Gasteiger partial charge in [0.05, 0.1) is 5.56 Å². The van der Waals surface area contributed by atoms with Crippen molar-refractivity contribution >= 4 is 28.4 Å². The smallest absolute Gasteiger partial charge is 0.178 e. The molecule has 0 saturated carbocycles. The van der Waals surface area contributed by atoms with E-state index in [-0.39, 0.29) is 16.3 Å².